The van der Waals surface area contributed by atoms with E-state index in [0.717, 1.165) is 24.8 Å². The van der Waals surface area contributed by atoms with Crippen molar-refractivity contribution in [3.63, 3.8) is 0 Å². The summed E-state index contributed by atoms with van der Waals surface area (Å²) in [5, 5.41) is 3.99. The lowest BCUT2D eigenvalue weighted by Gasteiger charge is -2.26. The maximum Gasteiger partial charge on any atom is 0.390 e. The van der Waals surface area contributed by atoms with Gasteiger partial charge in [0.15, 0.2) is 6.61 Å². The lowest BCUT2D eigenvalue weighted by Crippen LogP contribution is -2.39. The summed E-state index contributed by atoms with van der Waals surface area (Å²) >= 11 is 11.8. The Hall–Kier alpha value is -3.22. The van der Waals surface area contributed by atoms with Gasteiger partial charge < -0.3 is 19.5 Å². The molecule has 4 rings (SSSR count). The van der Waals surface area contributed by atoms with Crippen LogP contribution in [-0.2, 0) is 20.7 Å². The third-order valence-corrected chi connectivity index (χ3v) is 5.86. The highest BCUT2D eigenvalue weighted by molar-refractivity contribution is 6.30. The molecule has 0 saturated heterocycles. The van der Waals surface area contributed by atoms with Crippen LogP contribution < -0.4 is 14.8 Å². The number of esters is 1. The van der Waals surface area contributed by atoms with Crippen LogP contribution >= 0.6 is 23.2 Å². The molecule has 0 aromatic heterocycles. The number of ether oxygens (including phenoxy) is 3. The molecule has 6 nitrogen and oxygen atoms in total. The average Bonchev–Trinajstić information content (AvgIpc) is 2.85. The first-order valence-corrected chi connectivity index (χ1v) is 11.6. The molecule has 1 atom stereocenters. The number of carbonyl (C=O) groups excluding carboxylic acids is 2. The lowest BCUT2D eigenvalue weighted by molar-refractivity contribution is -0.167. The van der Waals surface area contributed by atoms with Gasteiger partial charge in [0.1, 0.15) is 11.5 Å². The fourth-order valence-corrected chi connectivity index (χ4v) is 3.99. The van der Waals surface area contributed by atoms with E-state index in [1.54, 1.807) is 48.5 Å². The van der Waals surface area contributed by atoms with Gasteiger partial charge in [0.2, 0.25) is 0 Å². The normalized spacial score (nSPS) is 14.7. The van der Waals surface area contributed by atoms with Crippen LogP contribution in [0.4, 0.5) is 0 Å². The highest BCUT2D eigenvalue weighted by Crippen LogP contribution is 2.29. The van der Waals surface area contributed by atoms with Crippen LogP contribution in [0.2, 0.25) is 10.0 Å². The molecule has 3 aromatic carbocycles. The molecule has 0 fully saturated rings. The molecule has 0 saturated carbocycles. The minimum atomic E-state index is -1.44. The molecular formula is C26H23Cl2NO5. The molecule has 0 unspecified atom stereocenters. The summed E-state index contributed by atoms with van der Waals surface area (Å²) in [7, 11) is 0. The smallest absolute Gasteiger partial charge is 0.390 e. The van der Waals surface area contributed by atoms with Gasteiger partial charge in [0, 0.05) is 10.0 Å². The Kier molecular flexibility index (Phi) is 7.93. The van der Waals surface area contributed by atoms with E-state index in [1.807, 2.05) is 18.2 Å². The predicted molar refractivity (Wildman–Crippen MR) is 129 cm³/mol. The molecule has 0 spiro atoms. The first kappa shape index (κ1) is 23.9. The van der Waals surface area contributed by atoms with Crippen molar-refractivity contribution >= 4 is 35.1 Å². The number of benzene rings is 3. The Balaban J connectivity index is 1.39. The van der Waals surface area contributed by atoms with Gasteiger partial charge in [-0.1, -0.05) is 47.5 Å². The highest BCUT2D eigenvalue weighted by atomic mass is 35.5. The summed E-state index contributed by atoms with van der Waals surface area (Å²) < 4.78 is 16.6. The van der Waals surface area contributed by atoms with Crippen LogP contribution in [0.3, 0.4) is 0 Å². The van der Waals surface area contributed by atoms with Crippen molar-refractivity contribution in [1.82, 2.24) is 5.32 Å². The topological polar surface area (TPSA) is 73.9 Å². The predicted octanol–water partition coefficient (Wildman–Crippen LogP) is 5.51. The summed E-state index contributed by atoms with van der Waals surface area (Å²) in [5.41, 5.74) is 2.33. The van der Waals surface area contributed by atoms with Crippen LogP contribution in [0.25, 0.3) is 0 Å². The molecule has 1 aliphatic carbocycles. The summed E-state index contributed by atoms with van der Waals surface area (Å²) in [6.45, 7) is -0.456. The van der Waals surface area contributed by atoms with E-state index in [4.69, 9.17) is 37.4 Å². The average molecular weight is 500 g/mol. The molecule has 0 radical (unpaired) electrons. The van der Waals surface area contributed by atoms with Crippen molar-refractivity contribution in [3.8, 4) is 11.5 Å². The second-order valence-corrected chi connectivity index (χ2v) is 8.67. The Morgan fingerprint density at radius 1 is 0.882 bits per heavy atom. The number of carbonyl (C=O) groups is 2. The van der Waals surface area contributed by atoms with E-state index in [1.165, 1.54) is 5.56 Å². The summed E-state index contributed by atoms with van der Waals surface area (Å²) in [6.07, 6.45) is 1.36. The van der Waals surface area contributed by atoms with Crippen LogP contribution in [0.15, 0.2) is 72.8 Å². The van der Waals surface area contributed by atoms with Crippen molar-refractivity contribution in [3.05, 3.63) is 94.0 Å². The van der Waals surface area contributed by atoms with Gasteiger partial charge in [0.05, 0.1) is 6.04 Å². The number of amides is 1. The van der Waals surface area contributed by atoms with Crippen molar-refractivity contribution in [2.24, 2.45) is 0 Å². The number of fused-ring (bicyclic) bond motifs is 1. The van der Waals surface area contributed by atoms with Gasteiger partial charge in [0.25, 0.3) is 5.91 Å². The Labute approximate surface area is 207 Å². The molecular weight excluding hydrogens is 477 g/mol. The van der Waals surface area contributed by atoms with E-state index in [0.29, 0.717) is 21.5 Å². The fraction of sp³-hybridized carbons (Fsp3) is 0.231. The van der Waals surface area contributed by atoms with Crippen molar-refractivity contribution in [2.45, 2.75) is 31.6 Å². The molecule has 0 bridgehead atoms. The van der Waals surface area contributed by atoms with Crippen molar-refractivity contribution < 1.29 is 23.8 Å². The first-order chi connectivity index (χ1) is 16.5. The van der Waals surface area contributed by atoms with Crippen LogP contribution in [0.5, 0.6) is 11.5 Å². The first-order valence-electron chi connectivity index (χ1n) is 10.9. The number of hydrogen-bond acceptors (Lipinski definition) is 5. The van der Waals surface area contributed by atoms with Gasteiger partial charge in [-0.05, 0) is 78.9 Å². The van der Waals surface area contributed by atoms with E-state index >= 15 is 0 Å². The SMILES string of the molecule is O=C(COC(=O)C(Oc1ccc(Cl)cc1)Oc1ccc(Cl)cc1)N[C@@H]1CCCc2ccccc21. The van der Waals surface area contributed by atoms with E-state index in [-0.39, 0.29) is 6.04 Å². The molecule has 1 N–H and O–H groups in total. The van der Waals surface area contributed by atoms with E-state index in [9.17, 15) is 9.59 Å². The van der Waals surface area contributed by atoms with E-state index < -0.39 is 24.8 Å². The molecule has 34 heavy (non-hydrogen) atoms. The summed E-state index contributed by atoms with van der Waals surface area (Å²) in [5.74, 6) is -0.539. The number of rotatable bonds is 8. The number of hydrogen-bond donors (Lipinski definition) is 1. The monoisotopic (exact) mass is 499 g/mol. The maximum atomic E-state index is 12.8. The van der Waals surface area contributed by atoms with Crippen LogP contribution in [-0.4, -0.2) is 24.8 Å². The molecule has 0 heterocycles. The zero-order chi connectivity index (χ0) is 23.9. The van der Waals surface area contributed by atoms with Crippen molar-refractivity contribution in [2.75, 3.05) is 6.61 Å². The van der Waals surface area contributed by atoms with Crippen LogP contribution in [0, 0.1) is 0 Å². The molecule has 8 heteroatoms. The lowest BCUT2D eigenvalue weighted by atomic mass is 9.88. The zero-order valence-corrected chi connectivity index (χ0v) is 19.7. The fourth-order valence-electron chi connectivity index (χ4n) is 3.74. The molecule has 1 amide bonds. The van der Waals surface area contributed by atoms with E-state index in [2.05, 4.69) is 11.4 Å². The van der Waals surface area contributed by atoms with Crippen LogP contribution in [0.1, 0.15) is 30.0 Å². The Bertz CT molecular complexity index is 1090. The second-order valence-electron chi connectivity index (χ2n) is 7.79. The summed E-state index contributed by atoms with van der Waals surface area (Å²) in [6, 6.07) is 20.8. The number of nitrogens with one attached hydrogen (secondary N) is 1. The minimum Gasteiger partial charge on any atom is -0.450 e. The molecule has 1 aliphatic rings. The Morgan fingerprint density at radius 2 is 1.47 bits per heavy atom. The van der Waals surface area contributed by atoms with Gasteiger partial charge >= 0.3 is 12.3 Å². The maximum absolute atomic E-state index is 12.8. The number of halogens is 2. The van der Waals surface area contributed by atoms with Gasteiger partial charge in [-0.3, -0.25) is 4.79 Å². The zero-order valence-electron chi connectivity index (χ0n) is 18.2. The Morgan fingerprint density at radius 3 is 2.09 bits per heavy atom. The highest BCUT2D eigenvalue weighted by Gasteiger charge is 2.27. The third kappa shape index (κ3) is 6.43. The molecule has 0 aliphatic heterocycles. The standard InChI is InChI=1S/C26H23Cl2NO5/c27-18-8-12-20(13-9-18)33-26(34-21-14-10-19(28)11-15-21)25(31)32-16-24(30)29-23-7-3-5-17-4-1-2-6-22(17)23/h1-2,4,6,8-15,23,26H,3,5,7,16H2,(H,29,30)/t23-/m1/s1. The minimum absolute atomic E-state index is 0.109. The number of aryl methyl sites for hydroxylation is 1. The second kappa shape index (κ2) is 11.3. The van der Waals surface area contributed by atoms with Gasteiger partial charge in [-0.2, -0.15) is 0 Å². The largest absolute Gasteiger partial charge is 0.450 e. The molecule has 176 valence electrons. The summed E-state index contributed by atoms with van der Waals surface area (Å²) in [4.78, 5) is 25.3. The molecule has 3 aromatic rings. The third-order valence-electron chi connectivity index (χ3n) is 5.36. The van der Waals surface area contributed by atoms with Crippen molar-refractivity contribution in [1.29, 1.82) is 0 Å². The van der Waals surface area contributed by atoms with Gasteiger partial charge in [-0.25, -0.2) is 4.79 Å². The van der Waals surface area contributed by atoms with Gasteiger partial charge in [-0.15, -0.1) is 0 Å². The quantitative estimate of drug-likeness (QED) is 0.326.